The number of hydrogen-bond donors (Lipinski definition) is 1. The Bertz CT molecular complexity index is 665. The van der Waals surface area contributed by atoms with Crippen LogP contribution in [-0.2, 0) is 0 Å². The van der Waals surface area contributed by atoms with Crippen molar-refractivity contribution in [2.75, 3.05) is 5.73 Å². The van der Waals surface area contributed by atoms with Gasteiger partial charge in [-0.05, 0) is 30.3 Å². The summed E-state index contributed by atoms with van der Waals surface area (Å²) in [5.41, 5.74) is 8.03. The van der Waals surface area contributed by atoms with E-state index in [1.165, 1.54) is 0 Å². The fraction of sp³-hybridized carbons (Fsp3) is 0. The van der Waals surface area contributed by atoms with E-state index in [0.29, 0.717) is 11.5 Å². The molecule has 1 aromatic carbocycles. The van der Waals surface area contributed by atoms with E-state index in [1.54, 1.807) is 12.4 Å². The molecule has 0 amide bonds. The van der Waals surface area contributed by atoms with Gasteiger partial charge in [0.15, 0.2) is 5.82 Å². The maximum atomic E-state index is 5.74. The van der Waals surface area contributed by atoms with Gasteiger partial charge >= 0.3 is 0 Å². The maximum absolute atomic E-state index is 5.74. The number of rotatable bonds is 1. The lowest BCUT2D eigenvalue weighted by molar-refractivity contribution is 1.18. The van der Waals surface area contributed by atoms with Crippen LogP contribution in [0.15, 0.2) is 48.8 Å². The summed E-state index contributed by atoms with van der Waals surface area (Å²) in [5, 5.41) is 0.971. The largest absolute Gasteiger partial charge is 0.399 e. The molecule has 0 radical (unpaired) electrons. The number of aromatic nitrogens is 3. The van der Waals surface area contributed by atoms with Crippen LogP contribution >= 0.6 is 0 Å². The highest BCUT2D eigenvalue weighted by Crippen LogP contribution is 2.18. The summed E-state index contributed by atoms with van der Waals surface area (Å²) in [6.45, 7) is 0. The van der Waals surface area contributed by atoms with Crippen molar-refractivity contribution in [2.24, 2.45) is 0 Å². The van der Waals surface area contributed by atoms with Gasteiger partial charge in [0.25, 0.3) is 0 Å². The molecule has 0 atom stereocenters. The van der Waals surface area contributed by atoms with Crippen LogP contribution in [0.3, 0.4) is 0 Å². The van der Waals surface area contributed by atoms with E-state index >= 15 is 0 Å². The lowest BCUT2D eigenvalue weighted by Gasteiger charge is -2.02. The third-order valence-corrected chi connectivity index (χ3v) is 2.50. The third kappa shape index (κ3) is 1.80. The minimum Gasteiger partial charge on any atom is -0.399 e. The zero-order valence-corrected chi connectivity index (χ0v) is 9.04. The summed E-state index contributed by atoms with van der Waals surface area (Å²) in [6.07, 6.45) is 3.51. The summed E-state index contributed by atoms with van der Waals surface area (Å²) < 4.78 is 0. The van der Waals surface area contributed by atoms with Crippen molar-refractivity contribution in [3.63, 3.8) is 0 Å². The zero-order chi connectivity index (χ0) is 11.7. The molecule has 2 heterocycles. The summed E-state index contributed by atoms with van der Waals surface area (Å²) in [5.74, 6) is 0.615. The Morgan fingerprint density at radius 1 is 1.00 bits per heavy atom. The molecule has 2 aromatic heterocycles. The van der Waals surface area contributed by atoms with Gasteiger partial charge in [0.2, 0.25) is 0 Å². The Kier molecular flexibility index (Phi) is 2.19. The molecule has 17 heavy (non-hydrogen) atoms. The first kappa shape index (κ1) is 9.72. The number of anilines is 1. The molecule has 4 nitrogen and oxygen atoms in total. The van der Waals surface area contributed by atoms with E-state index in [0.717, 1.165) is 16.6 Å². The Hall–Kier alpha value is -2.49. The second-order valence-corrected chi connectivity index (χ2v) is 3.73. The number of nitrogens with two attached hydrogens (primary N) is 1. The van der Waals surface area contributed by atoms with Crippen LogP contribution in [0.25, 0.3) is 22.4 Å². The number of nitrogens with zero attached hydrogens (tertiary/aromatic N) is 3. The molecule has 0 saturated carbocycles. The fourth-order valence-electron chi connectivity index (χ4n) is 1.66. The molecule has 0 aliphatic rings. The molecule has 0 spiro atoms. The summed E-state index contributed by atoms with van der Waals surface area (Å²) in [4.78, 5) is 13.0. The molecule has 2 N–H and O–H groups in total. The molecule has 0 unspecified atom stereocenters. The van der Waals surface area contributed by atoms with E-state index in [9.17, 15) is 0 Å². The van der Waals surface area contributed by atoms with Gasteiger partial charge in [-0.2, -0.15) is 0 Å². The smallest absolute Gasteiger partial charge is 0.178 e. The first-order valence-electron chi connectivity index (χ1n) is 5.26. The predicted octanol–water partition coefficient (Wildman–Crippen LogP) is 2.27. The van der Waals surface area contributed by atoms with Gasteiger partial charge in [-0.25, -0.2) is 9.97 Å². The maximum Gasteiger partial charge on any atom is 0.178 e. The molecular weight excluding hydrogens is 212 g/mol. The second kappa shape index (κ2) is 3.83. The van der Waals surface area contributed by atoms with Crippen molar-refractivity contribution in [3.8, 4) is 11.5 Å². The first-order valence-corrected chi connectivity index (χ1v) is 5.26. The summed E-state index contributed by atoms with van der Waals surface area (Å²) in [7, 11) is 0. The van der Waals surface area contributed by atoms with Crippen LogP contribution < -0.4 is 5.73 Å². The number of hydrogen-bond acceptors (Lipinski definition) is 4. The van der Waals surface area contributed by atoms with Gasteiger partial charge in [-0.15, -0.1) is 0 Å². The minimum atomic E-state index is 0.615. The summed E-state index contributed by atoms with van der Waals surface area (Å²) >= 11 is 0. The number of benzene rings is 1. The molecule has 3 rings (SSSR count). The highest BCUT2D eigenvalue weighted by molar-refractivity contribution is 5.82. The Morgan fingerprint density at radius 3 is 2.76 bits per heavy atom. The summed E-state index contributed by atoms with van der Waals surface area (Å²) in [6, 6.07) is 11.2. The lowest BCUT2D eigenvalue weighted by atomic mass is 10.2. The van der Waals surface area contributed by atoms with E-state index in [1.807, 2.05) is 36.4 Å². The van der Waals surface area contributed by atoms with Crippen molar-refractivity contribution in [2.45, 2.75) is 0 Å². The normalized spacial score (nSPS) is 10.6. The Balaban J connectivity index is 2.19. The lowest BCUT2D eigenvalue weighted by Crippen LogP contribution is -1.93. The Labute approximate surface area is 98.2 Å². The third-order valence-electron chi connectivity index (χ3n) is 2.50. The SMILES string of the molecule is Nc1ccc2cnc(-c3ccccn3)nc2c1. The van der Waals surface area contributed by atoms with Crippen LogP contribution in [-0.4, -0.2) is 15.0 Å². The molecule has 4 heteroatoms. The van der Waals surface area contributed by atoms with Crippen molar-refractivity contribution >= 4 is 16.6 Å². The highest BCUT2D eigenvalue weighted by atomic mass is 14.9. The number of fused-ring (bicyclic) bond motifs is 1. The molecule has 0 saturated heterocycles. The van der Waals surface area contributed by atoms with Gasteiger partial charge < -0.3 is 5.73 Å². The van der Waals surface area contributed by atoms with E-state index in [4.69, 9.17) is 5.73 Å². The van der Waals surface area contributed by atoms with Crippen LogP contribution in [0.1, 0.15) is 0 Å². The molecule has 82 valence electrons. The second-order valence-electron chi connectivity index (χ2n) is 3.73. The van der Waals surface area contributed by atoms with Crippen molar-refractivity contribution in [1.82, 2.24) is 15.0 Å². The highest BCUT2D eigenvalue weighted by Gasteiger charge is 2.03. The van der Waals surface area contributed by atoms with Gasteiger partial charge in [-0.1, -0.05) is 6.07 Å². The molecule has 0 aliphatic carbocycles. The quantitative estimate of drug-likeness (QED) is 0.641. The van der Waals surface area contributed by atoms with Crippen LogP contribution in [0, 0.1) is 0 Å². The van der Waals surface area contributed by atoms with Gasteiger partial charge in [-0.3, -0.25) is 4.98 Å². The zero-order valence-electron chi connectivity index (χ0n) is 9.04. The predicted molar refractivity (Wildman–Crippen MR) is 67.2 cm³/mol. The first-order chi connectivity index (χ1) is 8.33. The monoisotopic (exact) mass is 222 g/mol. The van der Waals surface area contributed by atoms with Gasteiger partial charge in [0.1, 0.15) is 5.69 Å². The van der Waals surface area contributed by atoms with E-state index in [-0.39, 0.29) is 0 Å². The van der Waals surface area contributed by atoms with Crippen molar-refractivity contribution in [3.05, 3.63) is 48.8 Å². The molecular formula is C13H10N4. The Morgan fingerprint density at radius 2 is 1.94 bits per heavy atom. The topological polar surface area (TPSA) is 64.7 Å². The molecule has 0 bridgehead atoms. The van der Waals surface area contributed by atoms with E-state index < -0.39 is 0 Å². The van der Waals surface area contributed by atoms with E-state index in [2.05, 4.69) is 15.0 Å². The van der Waals surface area contributed by atoms with Crippen LogP contribution in [0.4, 0.5) is 5.69 Å². The number of pyridine rings is 1. The van der Waals surface area contributed by atoms with Crippen molar-refractivity contribution < 1.29 is 0 Å². The molecule has 3 aromatic rings. The van der Waals surface area contributed by atoms with Crippen LogP contribution in [0.2, 0.25) is 0 Å². The molecule has 0 fully saturated rings. The standard InChI is InChI=1S/C13H10N4/c14-10-5-4-9-8-16-13(17-12(9)7-10)11-3-1-2-6-15-11/h1-8H,14H2. The minimum absolute atomic E-state index is 0.615. The molecule has 0 aliphatic heterocycles. The average Bonchev–Trinajstić information content (AvgIpc) is 2.39. The fourth-order valence-corrected chi connectivity index (χ4v) is 1.66. The van der Waals surface area contributed by atoms with Crippen molar-refractivity contribution in [1.29, 1.82) is 0 Å². The van der Waals surface area contributed by atoms with Crippen LogP contribution in [0.5, 0.6) is 0 Å². The average molecular weight is 222 g/mol. The number of nitrogen functional groups attached to an aromatic ring is 1. The van der Waals surface area contributed by atoms with Gasteiger partial charge in [0.05, 0.1) is 5.52 Å². The van der Waals surface area contributed by atoms with Gasteiger partial charge in [0, 0.05) is 23.5 Å².